The summed E-state index contributed by atoms with van der Waals surface area (Å²) in [4.78, 5) is 26.6. The monoisotopic (exact) mass is 536 g/mol. The first-order valence-corrected chi connectivity index (χ1v) is 15.4. The van der Waals surface area contributed by atoms with E-state index in [2.05, 4.69) is 39.6 Å². The molecule has 0 radical (unpaired) electrons. The van der Waals surface area contributed by atoms with Gasteiger partial charge in [-0.25, -0.2) is 9.97 Å². The lowest BCUT2D eigenvalue weighted by Crippen LogP contribution is -2.30. The van der Waals surface area contributed by atoms with Crippen LogP contribution in [-0.2, 0) is 9.53 Å². The Labute approximate surface area is 214 Å². The Morgan fingerprint density at radius 3 is 2.24 bits per heavy atom. The Morgan fingerprint density at radius 2 is 1.70 bits per heavy atom. The van der Waals surface area contributed by atoms with E-state index in [0.717, 1.165) is 6.20 Å². The number of nitrogens with one attached hydrogen (secondary N) is 1. The summed E-state index contributed by atoms with van der Waals surface area (Å²) in [6, 6.07) is 7.36. The highest BCUT2D eigenvalue weighted by molar-refractivity contribution is 6.76. The highest BCUT2D eigenvalue weighted by Crippen LogP contribution is 2.36. The summed E-state index contributed by atoms with van der Waals surface area (Å²) in [5.41, 5.74) is 0.576. The molecule has 1 unspecified atom stereocenters. The van der Waals surface area contributed by atoms with Crippen LogP contribution in [-0.4, -0.2) is 58.5 Å². The first-order valence-electron chi connectivity index (χ1n) is 11.7. The number of hydrogen-bond acceptors (Lipinski definition) is 6. The first-order chi connectivity index (χ1) is 17.2. The molecule has 0 aliphatic rings. The minimum Gasteiger partial charge on any atom is -0.481 e. The topological polar surface area (TPSA) is 110 Å². The molecular weight excluding hydrogens is 505 g/mol. The van der Waals surface area contributed by atoms with Gasteiger partial charge in [0, 0.05) is 44.3 Å². The molecule has 37 heavy (non-hydrogen) atoms. The molecule has 0 aliphatic carbocycles. The Bertz CT molecular complexity index is 1190. The molecule has 12 heteroatoms. The second-order valence-corrected chi connectivity index (χ2v) is 16.2. The quantitative estimate of drug-likeness (QED) is 0.290. The number of aliphatic carboxylic acids is 1. The van der Waals surface area contributed by atoms with Crippen molar-refractivity contribution in [3.05, 3.63) is 48.5 Å². The Kier molecular flexibility index (Phi) is 8.43. The molecule has 3 heterocycles. The number of carbonyl (C=O) groups is 1. The van der Waals surface area contributed by atoms with Gasteiger partial charge in [-0.2, -0.15) is 13.2 Å². The van der Waals surface area contributed by atoms with Crippen LogP contribution in [0.4, 0.5) is 13.2 Å². The van der Waals surface area contributed by atoms with E-state index in [1.165, 1.54) is 6.20 Å². The summed E-state index contributed by atoms with van der Waals surface area (Å²) in [7, 11) is -1.54. The van der Waals surface area contributed by atoms with Gasteiger partial charge in [0.1, 0.15) is 12.4 Å². The molecule has 0 bridgehead atoms. The van der Waals surface area contributed by atoms with Crippen LogP contribution in [0.25, 0.3) is 22.6 Å². The molecule has 3 aromatic rings. The molecule has 0 fully saturated rings. The van der Waals surface area contributed by atoms with E-state index < -0.39 is 31.7 Å². The normalized spacial score (nSPS) is 13.4. The molecule has 1 atom stereocenters. The number of carboxylic acids is 1. The number of rotatable bonds is 11. The number of ether oxygens (including phenoxy) is 2. The van der Waals surface area contributed by atoms with Crippen molar-refractivity contribution in [2.75, 3.05) is 13.2 Å². The van der Waals surface area contributed by atoms with Crippen molar-refractivity contribution in [3.8, 4) is 28.5 Å². The standard InChI is InChI=1S/C25H31F3N4O4Si/c1-24(2,23(33)34)15-36-20-9-7-16(12-30-20)18-8-6-17(13-29-18)22-31-14-19(32-22)21(25(26,27)28)35-10-11-37(3,4)5/h6-9,12-14,21H,10-11,15H2,1-5H3,(H,31,32)(H,33,34). The van der Waals surface area contributed by atoms with Gasteiger partial charge in [0.2, 0.25) is 5.88 Å². The van der Waals surface area contributed by atoms with E-state index in [4.69, 9.17) is 9.47 Å². The van der Waals surface area contributed by atoms with E-state index in [1.54, 1.807) is 44.3 Å². The van der Waals surface area contributed by atoms with E-state index >= 15 is 0 Å². The molecular formula is C25H31F3N4O4Si. The lowest BCUT2D eigenvalue weighted by Gasteiger charge is -2.22. The second-order valence-electron chi connectivity index (χ2n) is 10.6. The summed E-state index contributed by atoms with van der Waals surface area (Å²) in [6.07, 6.45) is -2.46. The van der Waals surface area contributed by atoms with Crippen LogP contribution in [0.5, 0.6) is 5.88 Å². The number of imidazole rings is 1. The number of pyridine rings is 2. The molecule has 8 nitrogen and oxygen atoms in total. The van der Waals surface area contributed by atoms with Crippen molar-refractivity contribution in [2.45, 2.75) is 51.8 Å². The van der Waals surface area contributed by atoms with Crippen molar-refractivity contribution >= 4 is 14.0 Å². The van der Waals surface area contributed by atoms with E-state index in [9.17, 15) is 23.1 Å². The minimum atomic E-state index is -4.57. The summed E-state index contributed by atoms with van der Waals surface area (Å²) >= 11 is 0. The van der Waals surface area contributed by atoms with Gasteiger partial charge in [-0.1, -0.05) is 19.6 Å². The molecule has 2 N–H and O–H groups in total. The fourth-order valence-corrected chi connectivity index (χ4v) is 3.83. The smallest absolute Gasteiger partial charge is 0.420 e. The average molecular weight is 537 g/mol. The van der Waals surface area contributed by atoms with Gasteiger partial charge in [-0.15, -0.1) is 0 Å². The molecule has 200 valence electrons. The third-order valence-corrected chi connectivity index (χ3v) is 7.24. The summed E-state index contributed by atoms with van der Waals surface area (Å²) in [5, 5.41) is 9.17. The number of carboxylic acid groups (broad SMARTS) is 1. The molecule has 0 aliphatic heterocycles. The van der Waals surface area contributed by atoms with Crippen LogP contribution in [0.2, 0.25) is 25.7 Å². The number of halogens is 3. The molecule has 0 amide bonds. The van der Waals surface area contributed by atoms with Crippen LogP contribution < -0.4 is 4.74 Å². The number of aromatic nitrogens is 4. The van der Waals surface area contributed by atoms with Gasteiger partial charge in [-0.05, 0) is 38.1 Å². The molecule has 0 aromatic carbocycles. The molecule has 0 saturated carbocycles. The summed E-state index contributed by atoms with van der Waals surface area (Å²) < 4.78 is 51.6. The third-order valence-electron chi connectivity index (χ3n) is 5.54. The van der Waals surface area contributed by atoms with Crippen molar-refractivity contribution in [2.24, 2.45) is 5.41 Å². The zero-order valence-corrected chi connectivity index (χ0v) is 22.4. The van der Waals surface area contributed by atoms with Crippen molar-refractivity contribution in [1.29, 1.82) is 0 Å². The van der Waals surface area contributed by atoms with Gasteiger partial charge in [0.05, 0.1) is 23.0 Å². The largest absolute Gasteiger partial charge is 0.481 e. The number of alkyl halides is 3. The Morgan fingerprint density at radius 1 is 1.03 bits per heavy atom. The van der Waals surface area contributed by atoms with Crippen molar-refractivity contribution in [1.82, 2.24) is 19.9 Å². The Balaban J connectivity index is 1.69. The van der Waals surface area contributed by atoms with Gasteiger partial charge in [0.15, 0.2) is 6.10 Å². The maximum atomic E-state index is 13.6. The SMILES string of the molecule is CC(C)(COc1ccc(-c2ccc(-c3ncc(C(OCC[Si](C)(C)C)C(F)(F)F)[nH]3)cn2)cn1)C(=O)O. The van der Waals surface area contributed by atoms with Crippen LogP contribution in [0.3, 0.4) is 0 Å². The van der Waals surface area contributed by atoms with Crippen LogP contribution in [0, 0.1) is 5.41 Å². The zero-order valence-electron chi connectivity index (χ0n) is 21.4. The highest BCUT2D eigenvalue weighted by atomic mass is 28.3. The van der Waals surface area contributed by atoms with Gasteiger partial charge >= 0.3 is 12.1 Å². The average Bonchev–Trinajstić information content (AvgIpc) is 3.29. The van der Waals surface area contributed by atoms with Gasteiger partial charge < -0.3 is 19.6 Å². The number of H-pyrrole nitrogens is 1. The van der Waals surface area contributed by atoms with Crippen LogP contribution in [0.1, 0.15) is 25.6 Å². The maximum absolute atomic E-state index is 13.6. The summed E-state index contributed by atoms with van der Waals surface area (Å²) in [6.45, 7) is 9.33. The second kappa shape index (κ2) is 11.0. The predicted molar refractivity (Wildman–Crippen MR) is 135 cm³/mol. The number of nitrogens with zero attached hydrogens (tertiary/aromatic N) is 3. The van der Waals surface area contributed by atoms with Crippen molar-refractivity contribution in [3.63, 3.8) is 0 Å². The third kappa shape index (κ3) is 7.86. The molecule has 0 saturated heterocycles. The number of hydrogen-bond donors (Lipinski definition) is 2. The zero-order chi connectivity index (χ0) is 27.4. The molecule has 3 rings (SSSR count). The molecule has 0 spiro atoms. The fraction of sp³-hybridized carbons (Fsp3) is 0.440. The van der Waals surface area contributed by atoms with E-state index in [0.29, 0.717) is 22.9 Å². The van der Waals surface area contributed by atoms with Gasteiger partial charge in [-0.3, -0.25) is 9.78 Å². The Hall–Kier alpha value is -3.25. The maximum Gasteiger partial charge on any atom is 0.420 e. The van der Waals surface area contributed by atoms with E-state index in [1.807, 2.05) is 0 Å². The minimum absolute atomic E-state index is 0.0275. The molecule has 3 aromatic heterocycles. The fourth-order valence-electron chi connectivity index (χ4n) is 3.10. The number of aromatic amines is 1. The van der Waals surface area contributed by atoms with Crippen LogP contribution >= 0.6 is 0 Å². The summed E-state index contributed by atoms with van der Waals surface area (Å²) in [5.74, 6) is -0.440. The lowest BCUT2D eigenvalue weighted by atomic mass is 9.95. The highest BCUT2D eigenvalue weighted by Gasteiger charge is 2.43. The first kappa shape index (κ1) is 28.3. The lowest BCUT2D eigenvalue weighted by molar-refractivity contribution is -0.223. The van der Waals surface area contributed by atoms with E-state index in [-0.39, 0.29) is 30.6 Å². The predicted octanol–water partition coefficient (Wildman–Crippen LogP) is 5.98. The van der Waals surface area contributed by atoms with Crippen LogP contribution in [0.15, 0.2) is 42.9 Å². The van der Waals surface area contributed by atoms with Crippen molar-refractivity contribution < 1.29 is 32.5 Å². The van der Waals surface area contributed by atoms with Gasteiger partial charge in [0.25, 0.3) is 0 Å².